The lowest BCUT2D eigenvalue weighted by molar-refractivity contribution is 0.163. The predicted octanol–water partition coefficient (Wildman–Crippen LogP) is 2.03. The second kappa shape index (κ2) is 4.35. The standard InChI is InChI=1S/C11H15ClO3S/c1-8-5-4-6-9(7-8)10(13)11(2,12)16(3,14)15/h4-7,10,13H,1-3H3/t10-,11-/m1/s1. The molecule has 0 unspecified atom stereocenters. The number of rotatable bonds is 3. The summed E-state index contributed by atoms with van der Waals surface area (Å²) in [6.45, 7) is 3.17. The molecule has 0 aliphatic carbocycles. The zero-order valence-corrected chi connectivity index (χ0v) is 11.0. The number of alkyl halides is 1. The van der Waals surface area contributed by atoms with Gasteiger partial charge >= 0.3 is 0 Å². The van der Waals surface area contributed by atoms with Crippen molar-refractivity contribution in [3.8, 4) is 0 Å². The maximum Gasteiger partial charge on any atom is 0.172 e. The Kier molecular flexibility index (Phi) is 3.67. The maximum atomic E-state index is 11.5. The summed E-state index contributed by atoms with van der Waals surface area (Å²) in [6, 6.07) is 6.99. The minimum absolute atomic E-state index is 0.503. The normalized spacial score (nSPS) is 17.8. The van der Waals surface area contributed by atoms with Crippen LogP contribution >= 0.6 is 11.6 Å². The van der Waals surface area contributed by atoms with Crippen LogP contribution in [0.15, 0.2) is 24.3 Å². The minimum Gasteiger partial charge on any atom is -0.385 e. The highest BCUT2D eigenvalue weighted by Gasteiger charge is 2.41. The van der Waals surface area contributed by atoms with Gasteiger partial charge in [-0.15, -0.1) is 0 Å². The van der Waals surface area contributed by atoms with Crippen molar-refractivity contribution in [2.75, 3.05) is 6.26 Å². The van der Waals surface area contributed by atoms with E-state index in [1.54, 1.807) is 18.2 Å². The smallest absolute Gasteiger partial charge is 0.172 e. The fourth-order valence-electron chi connectivity index (χ4n) is 1.34. The van der Waals surface area contributed by atoms with Crippen LogP contribution in [0, 0.1) is 6.92 Å². The van der Waals surface area contributed by atoms with Crippen LogP contribution in [-0.2, 0) is 9.84 Å². The summed E-state index contributed by atoms with van der Waals surface area (Å²) in [6.07, 6.45) is -0.233. The van der Waals surface area contributed by atoms with Gasteiger partial charge in [0, 0.05) is 6.26 Å². The Morgan fingerprint density at radius 2 is 2.00 bits per heavy atom. The number of aryl methyl sites for hydroxylation is 1. The van der Waals surface area contributed by atoms with E-state index in [0.717, 1.165) is 11.8 Å². The van der Waals surface area contributed by atoms with Crippen molar-refractivity contribution in [1.82, 2.24) is 0 Å². The summed E-state index contributed by atoms with van der Waals surface area (Å²) in [5, 5.41) is 10.00. The van der Waals surface area contributed by atoms with Crippen LogP contribution in [-0.4, -0.2) is 24.0 Å². The molecule has 0 amide bonds. The zero-order chi connectivity index (χ0) is 12.6. The number of sulfone groups is 1. The van der Waals surface area contributed by atoms with E-state index in [2.05, 4.69) is 0 Å². The van der Waals surface area contributed by atoms with Crippen LogP contribution in [0.5, 0.6) is 0 Å². The van der Waals surface area contributed by atoms with Gasteiger partial charge in [0.1, 0.15) is 6.10 Å². The Hall–Kier alpha value is -0.580. The number of hydrogen-bond donors (Lipinski definition) is 1. The molecular weight excluding hydrogens is 248 g/mol. The Bertz CT molecular complexity index is 480. The second-order valence-corrected chi connectivity index (χ2v) is 7.48. The van der Waals surface area contributed by atoms with Gasteiger partial charge < -0.3 is 5.11 Å². The van der Waals surface area contributed by atoms with Gasteiger partial charge in [0.15, 0.2) is 14.0 Å². The molecule has 0 aromatic heterocycles. The van der Waals surface area contributed by atoms with Crippen LogP contribution in [0.3, 0.4) is 0 Å². The summed E-state index contributed by atoms with van der Waals surface area (Å²) in [7, 11) is -3.55. The van der Waals surface area contributed by atoms with Crippen molar-refractivity contribution < 1.29 is 13.5 Å². The second-order valence-electron chi connectivity index (χ2n) is 4.07. The van der Waals surface area contributed by atoms with E-state index < -0.39 is 20.1 Å². The summed E-state index contributed by atoms with van der Waals surface area (Å²) in [5.74, 6) is 0. The van der Waals surface area contributed by atoms with E-state index in [1.807, 2.05) is 13.0 Å². The number of aliphatic hydroxyl groups excluding tert-OH is 1. The zero-order valence-electron chi connectivity index (χ0n) is 9.44. The number of hydrogen-bond acceptors (Lipinski definition) is 3. The van der Waals surface area contributed by atoms with Crippen molar-refractivity contribution in [1.29, 1.82) is 0 Å². The molecule has 0 saturated heterocycles. The average molecular weight is 263 g/mol. The minimum atomic E-state index is -3.55. The SMILES string of the molecule is Cc1cccc([C@@H](O)[C@](C)(Cl)S(C)(=O)=O)c1. The molecule has 0 aliphatic rings. The highest BCUT2D eigenvalue weighted by molar-refractivity contribution is 7.93. The first-order valence-electron chi connectivity index (χ1n) is 4.79. The lowest BCUT2D eigenvalue weighted by atomic mass is 10.0. The topological polar surface area (TPSA) is 54.4 Å². The van der Waals surface area contributed by atoms with E-state index in [0.29, 0.717) is 5.56 Å². The third-order valence-corrected chi connectivity index (χ3v) is 5.29. The molecule has 0 radical (unpaired) electrons. The molecule has 90 valence electrons. The first-order chi connectivity index (χ1) is 7.16. The molecule has 0 bridgehead atoms. The van der Waals surface area contributed by atoms with E-state index in [-0.39, 0.29) is 0 Å². The lowest BCUT2D eigenvalue weighted by Gasteiger charge is -2.26. The van der Waals surface area contributed by atoms with Crippen LogP contribution in [0.1, 0.15) is 24.2 Å². The molecule has 3 nitrogen and oxygen atoms in total. The summed E-state index contributed by atoms with van der Waals surface area (Å²) >= 11 is 5.91. The quantitative estimate of drug-likeness (QED) is 0.848. The van der Waals surface area contributed by atoms with Crippen LogP contribution in [0.2, 0.25) is 0 Å². The maximum absolute atomic E-state index is 11.5. The van der Waals surface area contributed by atoms with Crippen molar-refractivity contribution in [2.24, 2.45) is 0 Å². The molecule has 0 heterocycles. The molecule has 1 rings (SSSR count). The van der Waals surface area contributed by atoms with Crippen LogP contribution in [0.4, 0.5) is 0 Å². The number of aliphatic hydroxyl groups is 1. The van der Waals surface area contributed by atoms with Gasteiger partial charge in [-0.2, -0.15) is 0 Å². The van der Waals surface area contributed by atoms with Crippen LogP contribution in [0.25, 0.3) is 0 Å². The number of halogens is 1. The van der Waals surface area contributed by atoms with Gasteiger partial charge in [0.2, 0.25) is 0 Å². The molecule has 1 aromatic rings. The largest absolute Gasteiger partial charge is 0.385 e. The molecule has 2 atom stereocenters. The van der Waals surface area contributed by atoms with E-state index in [4.69, 9.17) is 11.6 Å². The van der Waals surface area contributed by atoms with E-state index >= 15 is 0 Å². The molecule has 0 saturated carbocycles. The summed E-state index contributed by atoms with van der Waals surface area (Å²) < 4.78 is 21.2. The van der Waals surface area contributed by atoms with Gasteiger partial charge in [-0.05, 0) is 19.4 Å². The fourth-order valence-corrected chi connectivity index (χ4v) is 2.01. The highest BCUT2D eigenvalue weighted by atomic mass is 35.5. The van der Waals surface area contributed by atoms with Crippen molar-refractivity contribution in [3.05, 3.63) is 35.4 Å². The van der Waals surface area contributed by atoms with E-state index in [9.17, 15) is 13.5 Å². The van der Waals surface area contributed by atoms with Crippen molar-refractivity contribution >= 4 is 21.4 Å². The molecule has 0 aliphatic heterocycles. The van der Waals surface area contributed by atoms with Crippen LogP contribution < -0.4 is 0 Å². The third kappa shape index (κ3) is 2.56. The molecule has 16 heavy (non-hydrogen) atoms. The number of benzene rings is 1. The van der Waals surface area contributed by atoms with Crippen molar-refractivity contribution in [3.63, 3.8) is 0 Å². The predicted molar refractivity (Wildman–Crippen MR) is 65.2 cm³/mol. The lowest BCUT2D eigenvalue weighted by Crippen LogP contribution is -2.35. The van der Waals surface area contributed by atoms with Gasteiger partial charge in [-0.3, -0.25) is 0 Å². The molecule has 1 aromatic carbocycles. The Labute approximate surface area is 101 Å². The Morgan fingerprint density at radius 3 is 2.44 bits per heavy atom. The van der Waals surface area contributed by atoms with E-state index in [1.165, 1.54) is 6.92 Å². The molecule has 0 spiro atoms. The fraction of sp³-hybridized carbons (Fsp3) is 0.455. The van der Waals surface area contributed by atoms with Gasteiger partial charge in [-0.1, -0.05) is 41.4 Å². The van der Waals surface area contributed by atoms with Gasteiger partial charge in [0.25, 0.3) is 0 Å². The Morgan fingerprint density at radius 1 is 1.44 bits per heavy atom. The van der Waals surface area contributed by atoms with Gasteiger partial charge in [-0.25, -0.2) is 8.42 Å². The first kappa shape index (κ1) is 13.5. The monoisotopic (exact) mass is 262 g/mol. The molecule has 5 heteroatoms. The molecule has 0 fully saturated rings. The summed E-state index contributed by atoms with van der Waals surface area (Å²) in [4.78, 5) is 0. The Balaban J connectivity index is 3.17. The molecular formula is C11H15ClO3S. The summed E-state index contributed by atoms with van der Waals surface area (Å²) in [5.41, 5.74) is 1.44. The highest BCUT2D eigenvalue weighted by Crippen LogP contribution is 2.36. The first-order valence-corrected chi connectivity index (χ1v) is 7.06. The molecule has 1 N–H and O–H groups in total. The van der Waals surface area contributed by atoms with Gasteiger partial charge in [0.05, 0.1) is 0 Å². The average Bonchev–Trinajstić information content (AvgIpc) is 2.14. The third-order valence-electron chi connectivity index (χ3n) is 2.57. The van der Waals surface area contributed by atoms with Crippen molar-refractivity contribution in [2.45, 2.75) is 24.2 Å².